The summed E-state index contributed by atoms with van der Waals surface area (Å²) < 4.78 is 29.6. The van der Waals surface area contributed by atoms with Gasteiger partial charge in [0.25, 0.3) is 10.0 Å². The Balaban J connectivity index is 2.45. The Hall–Kier alpha value is -1.25. The first-order valence-electron chi connectivity index (χ1n) is 5.15. The Labute approximate surface area is 120 Å². The van der Waals surface area contributed by atoms with Gasteiger partial charge in [-0.3, -0.25) is 14.1 Å². The largest absolute Gasteiger partial charge is 0.274 e. The van der Waals surface area contributed by atoms with Crippen LogP contribution in [0.3, 0.4) is 0 Å². The molecule has 0 aliphatic carbocycles. The molecule has 0 spiro atoms. The fourth-order valence-corrected chi connectivity index (χ4v) is 3.53. The zero-order valence-corrected chi connectivity index (χ0v) is 12.5. The number of aromatic nitrogens is 4. The van der Waals surface area contributed by atoms with Gasteiger partial charge in [-0.2, -0.15) is 10.2 Å². The number of anilines is 1. The Morgan fingerprint density at radius 3 is 2.58 bits per heavy atom. The molecule has 2 heterocycles. The van der Waals surface area contributed by atoms with Crippen molar-refractivity contribution >= 4 is 39.0 Å². The average molecular weight is 324 g/mol. The molecule has 1 N–H and O–H groups in total. The number of hydrogen-bond donors (Lipinski definition) is 1. The molecule has 0 radical (unpaired) electrons. The summed E-state index contributed by atoms with van der Waals surface area (Å²) in [6.45, 7) is 0. The van der Waals surface area contributed by atoms with Gasteiger partial charge in [-0.1, -0.05) is 11.6 Å². The van der Waals surface area contributed by atoms with E-state index in [9.17, 15) is 8.42 Å². The molecule has 10 heteroatoms. The van der Waals surface area contributed by atoms with E-state index in [1.54, 1.807) is 13.2 Å². The molecule has 2 aromatic rings. The van der Waals surface area contributed by atoms with Crippen molar-refractivity contribution in [2.24, 2.45) is 14.1 Å². The number of halogens is 2. The highest BCUT2D eigenvalue weighted by Gasteiger charge is 2.27. The third-order valence-electron chi connectivity index (χ3n) is 2.35. The summed E-state index contributed by atoms with van der Waals surface area (Å²) in [7, 11) is -0.659. The van der Waals surface area contributed by atoms with Crippen LogP contribution in [0.2, 0.25) is 5.15 Å². The molecule has 0 bridgehead atoms. The van der Waals surface area contributed by atoms with Crippen molar-refractivity contribution in [3.63, 3.8) is 0 Å². The van der Waals surface area contributed by atoms with E-state index in [-0.39, 0.29) is 27.4 Å². The Morgan fingerprint density at radius 1 is 1.37 bits per heavy atom. The molecule has 0 saturated carbocycles. The first kappa shape index (κ1) is 14.2. The average Bonchev–Trinajstić information content (AvgIpc) is 2.83. The summed E-state index contributed by atoms with van der Waals surface area (Å²) in [5.41, 5.74) is 0.192. The molecular weight excluding hydrogens is 313 g/mol. The molecule has 2 aromatic heterocycles. The first-order chi connectivity index (χ1) is 8.85. The quantitative estimate of drug-likeness (QED) is 0.861. The molecular formula is C9H11Cl2N5O2S. The molecule has 0 saturated heterocycles. The maximum Gasteiger partial charge on any atom is 0.268 e. The maximum absolute atomic E-state index is 12.3. The van der Waals surface area contributed by atoms with E-state index in [1.165, 1.54) is 22.5 Å². The van der Waals surface area contributed by atoms with Gasteiger partial charge in [0.1, 0.15) is 10.0 Å². The monoisotopic (exact) mass is 323 g/mol. The van der Waals surface area contributed by atoms with Crippen LogP contribution in [0.1, 0.15) is 5.69 Å². The zero-order valence-electron chi connectivity index (χ0n) is 10.1. The Morgan fingerprint density at radius 2 is 2.05 bits per heavy atom. The van der Waals surface area contributed by atoms with E-state index in [0.717, 1.165) is 0 Å². The molecule has 0 aliphatic heterocycles. The number of aryl methyl sites for hydroxylation is 2. The lowest BCUT2D eigenvalue weighted by Crippen LogP contribution is -2.15. The van der Waals surface area contributed by atoms with Crippen molar-refractivity contribution in [2.45, 2.75) is 10.8 Å². The van der Waals surface area contributed by atoms with Gasteiger partial charge in [0, 0.05) is 26.4 Å². The van der Waals surface area contributed by atoms with E-state index < -0.39 is 10.0 Å². The van der Waals surface area contributed by atoms with Crippen molar-refractivity contribution in [1.29, 1.82) is 0 Å². The number of alkyl halides is 1. The van der Waals surface area contributed by atoms with Crippen molar-refractivity contribution in [1.82, 2.24) is 19.6 Å². The maximum atomic E-state index is 12.3. The summed E-state index contributed by atoms with van der Waals surface area (Å²) in [6, 6.07) is 1.53. The zero-order chi connectivity index (χ0) is 14.2. The van der Waals surface area contributed by atoms with Gasteiger partial charge in [-0.15, -0.1) is 11.6 Å². The van der Waals surface area contributed by atoms with Gasteiger partial charge in [-0.25, -0.2) is 8.42 Å². The van der Waals surface area contributed by atoms with Gasteiger partial charge in [-0.05, 0) is 0 Å². The molecule has 2 rings (SSSR count). The van der Waals surface area contributed by atoms with E-state index >= 15 is 0 Å². The van der Waals surface area contributed by atoms with Gasteiger partial charge in [0.05, 0.1) is 11.6 Å². The highest BCUT2D eigenvalue weighted by Crippen LogP contribution is 2.27. The second kappa shape index (κ2) is 5.03. The van der Waals surface area contributed by atoms with E-state index in [4.69, 9.17) is 23.2 Å². The van der Waals surface area contributed by atoms with Crippen molar-refractivity contribution < 1.29 is 8.42 Å². The summed E-state index contributed by atoms with van der Waals surface area (Å²) in [5, 5.41) is 7.89. The highest BCUT2D eigenvalue weighted by molar-refractivity contribution is 7.92. The van der Waals surface area contributed by atoms with Crippen LogP contribution in [-0.2, 0) is 30.0 Å². The lowest BCUT2D eigenvalue weighted by molar-refractivity contribution is 0.600. The molecule has 0 aromatic carbocycles. The number of nitrogens with one attached hydrogen (secondary N) is 1. The van der Waals surface area contributed by atoms with Crippen molar-refractivity contribution in [2.75, 3.05) is 4.72 Å². The van der Waals surface area contributed by atoms with Crippen LogP contribution >= 0.6 is 23.2 Å². The molecule has 19 heavy (non-hydrogen) atoms. The second-order valence-corrected chi connectivity index (χ2v) is 6.05. The van der Waals surface area contributed by atoms with E-state index in [1.807, 2.05) is 0 Å². The van der Waals surface area contributed by atoms with Crippen LogP contribution in [0.4, 0.5) is 5.82 Å². The smallest absolute Gasteiger partial charge is 0.268 e. The van der Waals surface area contributed by atoms with Crippen molar-refractivity contribution in [3.8, 4) is 0 Å². The highest BCUT2D eigenvalue weighted by atomic mass is 35.5. The first-order valence-corrected chi connectivity index (χ1v) is 7.54. The van der Waals surface area contributed by atoms with Crippen LogP contribution in [0, 0.1) is 0 Å². The third kappa shape index (κ3) is 2.70. The van der Waals surface area contributed by atoms with Crippen molar-refractivity contribution in [3.05, 3.63) is 23.1 Å². The van der Waals surface area contributed by atoms with Crippen LogP contribution in [0.5, 0.6) is 0 Å². The number of hydrogen-bond acceptors (Lipinski definition) is 4. The van der Waals surface area contributed by atoms with Gasteiger partial charge < -0.3 is 0 Å². The molecule has 0 aliphatic rings. The predicted octanol–water partition coefficient (Wildman–Crippen LogP) is 1.35. The molecule has 104 valence electrons. The van der Waals surface area contributed by atoms with E-state index in [2.05, 4.69) is 14.9 Å². The fraction of sp³-hybridized carbons (Fsp3) is 0.333. The fourth-order valence-electron chi connectivity index (χ4n) is 1.55. The Kier molecular flexibility index (Phi) is 3.75. The number of nitrogens with zero attached hydrogens (tertiary/aromatic N) is 4. The van der Waals surface area contributed by atoms with Crippen LogP contribution in [0.25, 0.3) is 0 Å². The Bertz CT molecular complexity index is 706. The number of sulfonamides is 1. The van der Waals surface area contributed by atoms with Gasteiger partial charge in [0.15, 0.2) is 5.82 Å². The molecule has 0 unspecified atom stereocenters. The van der Waals surface area contributed by atoms with Gasteiger partial charge >= 0.3 is 0 Å². The minimum atomic E-state index is -3.88. The topological polar surface area (TPSA) is 81.8 Å². The lowest BCUT2D eigenvalue weighted by atomic mass is 10.5. The van der Waals surface area contributed by atoms with Crippen LogP contribution in [0.15, 0.2) is 17.2 Å². The number of rotatable bonds is 4. The van der Waals surface area contributed by atoms with Crippen LogP contribution in [-0.4, -0.2) is 28.0 Å². The SMILES string of the molecule is Cn1ccc(NS(=O)(=O)c2c(CCl)nn(C)c2Cl)n1. The van der Waals surface area contributed by atoms with Crippen LogP contribution < -0.4 is 4.72 Å². The molecule has 0 atom stereocenters. The summed E-state index contributed by atoms with van der Waals surface area (Å²) in [4.78, 5) is -0.127. The summed E-state index contributed by atoms with van der Waals surface area (Å²) in [6.07, 6.45) is 1.62. The van der Waals surface area contributed by atoms with E-state index in [0.29, 0.717) is 0 Å². The standard InChI is InChI=1S/C9H11Cl2N5O2S/c1-15-4-3-7(13-15)14-19(17,18)8-6(5-10)12-16(2)9(8)11/h3-4H,5H2,1-2H3,(H,13,14). The lowest BCUT2D eigenvalue weighted by Gasteiger charge is -2.05. The normalized spacial score (nSPS) is 11.8. The molecule has 0 fully saturated rings. The summed E-state index contributed by atoms with van der Waals surface area (Å²) >= 11 is 11.6. The van der Waals surface area contributed by atoms with Gasteiger partial charge in [0.2, 0.25) is 0 Å². The second-order valence-electron chi connectivity index (χ2n) is 3.80. The predicted molar refractivity (Wildman–Crippen MR) is 71.8 cm³/mol. The minimum Gasteiger partial charge on any atom is -0.274 e. The summed E-state index contributed by atoms with van der Waals surface area (Å²) in [5.74, 6) is 0.141. The molecule has 0 amide bonds. The third-order valence-corrected chi connectivity index (χ3v) is 4.60. The molecule has 7 nitrogen and oxygen atoms in total. The minimum absolute atomic E-state index is 0.000851.